The van der Waals surface area contributed by atoms with E-state index in [-0.39, 0.29) is 5.91 Å². The van der Waals surface area contributed by atoms with Crippen molar-refractivity contribution >= 4 is 35.2 Å². The number of aryl methyl sites for hydroxylation is 1. The maximum atomic E-state index is 12.7. The quantitative estimate of drug-likeness (QED) is 0.606. The van der Waals surface area contributed by atoms with E-state index in [0.29, 0.717) is 22.5 Å². The smallest absolute Gasteiger partial charge is 0.256 e. The first-order valence-corrected chi connectivity index (χ1v) is 11.6. The van der Waals surface area contributed by atoms with Gasteiger partial charge in [-0.2, -0.15) is 5.10 Å². The van der Waals surface area contributed by atoms with Crippen molar-refractivity contribution in [1.29, 1.82) is 0 Å². The summed E-state index contributed by atoms with van der Waals surface area (Å²) in [5.41, 5.74) is 4.42. The zero-order chi connectivity index (χ0) is 19.3. The topological polar surface area (TPSA) is 46.9 Å². The predicted octanol–water partition coefficient (Wildman–Crippen LogP) is 5.22. The molecule has 1 amide bonds. The number of benzene rings is 2. The number of hydrogen-bond donors (Lipinski definition) is 1. The molecular weight excluding hydrogens is 386 g/mol. The lowest BCUT2D eigenvalue weighted by atomic mass is 10.1. The largest absolute Gasteiger partial charge is 0.307 e. The van der Waals surface area contributed by atoms with E-state index in [2.05, 4.69) is 53.7 Å². The molecule has 0 aliphatic carbocycles. The van der Waals surface area contributed by atoms with Gasteiger partial charge in [0.2, 0.25) is 0 Å². The van der Waals surface area contributed by atoms with Crippen molar-refractivity contribution in [1.82, 2.24) is 9.78 Å². The maximum Gasteiger partial charge on any atom is 0.256 e. The number of thioether (sulfide) groups is 2. The highest BCUT2D eigenvalue weighted by Crippen LogP contribution is 2.45. The molecule has 0 saturated carbocycles. The zero-order valence-electron chi connectivity index (χ0n) is 15.8. The summed E-state index contributed by atoms with van der Waals surface area (Å²) >= 11 is 3.94. The van der Waals surface area contributed by atoms with Gasteiger partial charge in [-0.25, -0.2) is 4.68 Å². The van der Waals surface area contributed by atoms with E-state index in [9.17, 15) is 4.79 Å². The molecule has 0 spiro atoms. The monoisotopic (exact) mass is 409 g/mol. The third-order valence-electron chi connectivity index (χ3n) is 4.79. The summed E-state index contributed by atoms with van der Waals surface area (Å²) in [7, 11) is 0. The summed E-state index contributed by atoms with van der Waals surface area (Å²) < 4.78 is 2.32. The van der Waals surface area contributed by atoms with Crippen LogP contribution in [0, 0.1) is 0 Å². The van der Waals surface area contributed by atoms with E-state index >= 15 is 0 Å². The molecule has 1 fully saturated rings. The van der Waals surface area contributed by atoms with Gasteiger partial charge in [-0.05, 0) is 35.2 Å². The molecule has 3 aromatic rings. The van der Waals surface area contributed by atoms with Gasteiger partial charge < -0.3 is 5.32 Å². The fraction of sp³-hybridized carbons (Fsp3) is 0.273. The lowest BCUT2D eigenvalue weighted by molar-refractivity contribution is 0.102. The fourth-order valence-corrected chi connectivity index (χ4v) is 6.01. The second kappa shape index (κ2) is 8.88. The first kappa shape index (κ1) is 19.2. The number of nitrogens with one attached hydrogen (secondary N) is 1. The highest BCUT2D eigenvalue weighted by atomic mass is 32.2. The van der Waals surface area contributed by atoms with Crippen LogP contribution < -0.4 is 5.32 Å². The van der Waals surface area contributed by atoms with Crippen LogP contribution in [-0.4, -0.2) is 27.2 Å². The zero-order valence-corrected chi connectivity index (χ0v) is 17.4. The van der Waals surface area contributed by atoms with Crippen LogP contribution in [0.2, 0.25) is 0 Å². The Morgan fingerprint density at radius 3 is 2.39 bits per heavy atom. The van der Waals surface area contributed by atoms with Gasteiger partial charge >= 0.3 is 0 Å². The highest BCUT2D eigenvalue weighted by molar-refractivity contribution is 8.19. The molecule has 144 valence electrons. The van der Waals surface area contributed by atoms with Crippen molar-refractivity contribution in [3.63, 3.8) is 0 Å². The standard InChI is InChI=1S/C22H23N3OS2/c1-2-16-3-5-17(6-4-16)15-25-20(11-12-23-25)24-21(26)18-7-9-19(10-8-18)22-27-13-14-28-22/h3-12,22H,2,13-15H2,1H3,(H,24,26). The number of hydrogen-bond acceptors (Lipinski definition) is 4. The number of amides is 1. The number of rotatable bonds is 6. The molecule has 1 aliphatic rings. The molecule has 28 heavy (non-hydrogen) atoms. The summed E-state index contributed by atoms with van der Waals surface area (Å²) in [4.78, 5) is 12.7. The van der Waals surface area contributed by atoms with Crippen molar-refractivity contribution < 1.29 is 4.79 Å². The minimum Gasteiger partial charge on any atom is -0.307 e. The van der Waals surface area contributed by atoms with Gasteiger partial charge in [0.15, 0.2) is 0 Å². The van der Waals surface area contributed by atoms with Crippen molar-refractivity contribution in [3.05, 3.63) is 83.0 Å². The average Bonchev–Trinajstić information content (AvgIpc) is 3.41. The van der Waals surface area contributed by atoms with Crippen LogP contribution in [0.25, 0.3) is 0 Å². The molecule has 6 heteroatoms. The van der Waals surface area contributed by atoms with Gasteiger partial charge in [-0.3, -0.25) is 4.79 Å². The normalized spacial score (nSPS) is 14.3. The van der Waals surface area contributed by atoms with E-state index in [1.807, 2.05) is 46.4 Å². The lowest BCUT2D eigenvalue weighted by Gasteiger charge is -2.11. The third kappa shape index (κ3) is 4.45. The Bertz CT molecular complexity index is 929. The summed E-state index contributed by atoms with van der Waals surface area (Å²) in [6, 6.07) is 18.3. The number of nitrogens with zero attached hydrogens (tertiary/aromatic N) is 2. The summed E-state index contributed by atoms with van der Waals surface area (Å²) in [6.07, 6.45) is 2.74. The van der Waals surface area contributed by atoms with Crippen LogP contribution in [0.1, 0.15) is 38.6 Å². The van der Waals surface area contributed by atoms with Crippen LogP contribution >= 0.6 is 23.5 Å². The first-order chi connectivity index (χ1) is 13.7. The molecule has 2 aromatic carbocycles. The van der Waals surface area contributed by atoms with E-state index in [1.165, 1.54) is 22.6 Å². The molecule has 0 radical (unpaired) electrons. The number of carbonyl (C=O) groups is 1. The summed E-state index contributed by atoms with van der Waals surface area (Å²) in [5.74, 6) is 2.99. The minimum atomic E-state index is -0.110. The highest BCUT2D eigenvalue weighted by Gasteiger charge is 2.18. The molecule has 1 aliphatic heterocycles. The van der Waals surface area contributed by atoms with Gasteiger partial charge in [0.1, 0.15) is 5.82 Å². The molecule has 0 bridgehead atoms. The molecule has 0 atom stereocenters. The first-order valence-electron chi connectivity index (χ1n) is 9.47. The summed E-state index contributed by atoms with van der Waals surface area (Å²) in [5, 5.41) is 7.35. The Balaban J connectivity index is 1.42. The van der Waals surface area contributed by atoms with E-state index < -0.39 is 0 Å². The Labute approximate surface area is 174 Å². The van der Waals surface area contributed by atoms with Crippen LogP contribution in [0.5, 0.6) is 0 Å². The maximum absolute atomic E-state index is 12.7. The minimum absolute atomic E-state index is 0.110. The van der Waals surface area contributed by atoms with Gasteiger partial charge in [0.25, 0.3) is 5.91 Å². The number of carbonyl (C=O) groups excluding carboxylic acids is 1. The third-order valence-corrected chi connectivity index (χ3v) is 7.89. The van der Waals surface area contributed by atoms with Crippen molar-refractivity contribution in [2.45, 2.75) is 24.5 Å². The van der Waals surface area contributed by atoms with Crippen molar-refractivity contribution in [2.75, 3.05) is 16.8 Å². The Hall–Kier alpha value is -2.18. The molecule has 0 unspecified atom stereocenters. The number of aromatic nitrogens is 2. The second-order valence-corrected chi connectivity index (χ2v) is 9.42. The van der Waals surface area contributed by atoms with E-state index in [1.54, 1.807) is 6.20 Å². The van der Waals surface area contributed by atoms with Crippen molar-refractivity contribution in [3.8, 4) is 0 Å². The Morgan fingerprint density at radius 2 is 1.71 bits per heavy atom. The molecule has 2 heterocycles. The molecule has 4 rings (SSSR count). The van der Waals surface area contributed by atoms with Gasteiger partial charge in [0, 0.05) is 23.1 Å². The van der Waals surface area contributed by atoms with Crippen molar-refractivity contribution in [2.24, 2.45) is 0 Å². The molecule has 4 nitrogen and oxygen atoms in total. The predicted molar refractivity (Wildman–Crippen MR) is 119 cm³/mol. The Morgan fingerprint density at radius 1 is 1.04 bits per heavy atom. The van der Waals surface area contributed by atoms with E-state index in [0.717, 1.165) is 12.0 Å². The average molecular weight is 410 g/mol. The van der Waals surface area contributed by atoms with Gasteiger partial charge in [-0.1, -0.05) is 43.3 Å². The van der Waals surface area contributed by atoms with E-state index in [4.69, 9.17) is 0 Å². The molecule has 1 N–H and O–H groups in total. The van der Waals surface area contributed by atoms with Gasteiger partial charge in [-0.15, -0.1) is 23.5 Å². The number of anilines is 1. The summed E-state index contributed by atoms with van der Waals surface area (Å²) in [6.45, 7) is 2.77. The second-order valence-electron chi connectivity index (χ2n) is 6.69. The van der Waals surface area contributed by atoms with Crippen LogP contribution in [0.15, 0.2) is 60.8 Å². The van der Waals surface area contributed by atoms with Crippen LogP contribution in [-0.2, 0) is 13.0 Å². The molecule has 1 saturated heterocycles. The SMILES string of the molecule is CCc1ccc(Cn2nccc2NC(=O)c2ccc(C3SCCS3)cc2)cc1. The molecular formula is C22H23N3OS2. The lowest BCUT2D eigenvalue weighted by Crippen LogP contribution is -2.16. The molecule has 1 aromatic heterocycles. The van der Waals surface area contributed by atoms with Crippen LogP contribution in [0.4, 0.5) is 5.82 Å². The Kier molecular flexibility index (Phi) is 6.07. The van der Waals surface area contributed by atoms with Crippen LogP contribution in [0.3, 0.4) is 0 Å². The van der Waals surface area contributed by atoms with Gasteiger partial charge in [0.05, 0.1) is 17.3 Å². The fourth-order valence-electron chi connectivity index (χ4n) is 3.15.